The highest BCUT2D eigenvalue weighted by Crippen LogP contribution is 2.34. The Hall–Kier alpha value is -2.04. The zero-order chi connectivity index (χ0) is 20.6. The predicted octanol–water partition coefficient (Wildman–Crippen LogP) is 1.84. The number of aliphatic hydroxyl groups is 1. The molecule has 1 N–H and O–H groups in total. The Morgan fingerprint density at radius 2 is 1.89 bits per heavy atom. The zero-order valence-corrected chi connectivity index (χ0v) is 16.5. The van der Waals surface area contributed by atoms with E-state index in [-0.39, 0.29) is 23.5 Å². The van der Waals surface area contributed by atoms with E-state index in [1.807, 2.05) is 0 Å². The Labute approximate surface area is 158 Å². The summed E-state index contributed by atoms with van der Waals surface area (Å²) in [6.07, 6.45) is 0.599. The van der Waals surface area contributed by atoms with Crippen LogP contribution in [-0.2, 0) is 19.6 Å². The SMILES string of the molecule is CC(C)(C)OC(=O)C1N(S(=O)(=O)c2ccc([N+](=O)[O-])cc2)CCCC1(C)O. The van der Waals surface area contributed by atoms with E-state index in [4.69, 9.17) is 4.74 Å². The lowest BCUT2D eigenvalue weighted by molar-refractivity contribution is -0.384. The predicted molar refractivity (Wildman–Crippen MR) is 96.5 cm³/mol. The van der Waals surface area contributed by atoms with Crippen molar-refractivity contribution < 1.29 is 28.0 Å². The molecule has 0 amide bonds. The van der Waals surface area contributed by atoms with Gasteiger partial charge in [-0.2, -0.15) is 4.31 Å². The van der Waals surface area contributed by atoms with Crippen molar-refractivity contribution in [3.8, 4) is 0 Å². The number of nitro benzene ring substituents is 1. The average molecular weight is 400 g/mol. The van der Waals surface area contributed by atoms with E-state index in [1.54, 1.807) is 20.8 Å². The third kappa shape index (κ3) is 4.63. The molecule has 2 rings (SSSR count). The molecule has 0 aromatic heterocycles. The van der Waals surface area contributed by atoms with E-state index in [0.717, 1.165) is 28.6 Å². The highest BCUT2D eigenvalue weighted by atomic mass is 32.2. The number of esters is 1. The topological polar surface area (TPSA) is 127 Å². The first-order chi connectivity index (χ1) is 12.3. The standard InChI is InChI=1S/C17H24N2O7S/c1-16(2,3)26-15(20)14-17(4,21)10-5-11-18(14)27(24,25)13-8-6-12(7-9-13)19(22)23/h6-9,14,21H,5,10-11H2,1-4H3. The van der Waals surface area contributed by atoms with E-state index in [0.29, 0.717) is 6.42 Å². The number of nitrogens with zero attached hydrogens (tertiary/aromatic N) is 2. The summed E-state index contributed by atoms with van der Waals surface area (Å²) >= 11 is 0. The molecule has 0 saturated carbocycles. The van der Waals surface area contributed by atoms with Gasteiger partial charge in [-0.05, 0) is 52.7 Å². The summed E-state index contributed by atoms with van der Waals surface area (Å²) in [7, 11) is -4.18. The largest absolute Gasteiger partial charge is 0.459 e. The highest BCUT2D eigenvalue weighted by Gasteiger charge is 2.50. The maximum Gasteiger partial charge on any atom is 0.327 e. The molecule has 1 aromatic rings. The summed E-state index contributed by atoms with van der Waals surface area (Å²) in [5.41, 5.74) is -2.70. The third-order valence-electron chi connectivity index (χ3n) is 4.22. The normalized spacial score (nSPS) is 24.4. The number of benzene rings is 1. The van der Waals surface area contributed by atoms with Gasteiger partial charge in [0.2, 0.25) is 10.0 Å². The van der Waals surface area contributed by atoms with Crippen LogP contribution in [0.5, 0.6) is 0 Å². The molecular weight excluding hydrogens is 376 g/mol. The lowest BCUT2D eigenvalue weighted by Gasteiger charge is -2.43. The molecule has 27 heavy (non-hydrogen) atoms. The number of carbonyl (C=O) groups is 1. The molecule has 1 fully saturated rings. The summed E-state index contributed by atoms with van der Waals surface area (Å²) in [4.78, 5) is 22.6. The molecule has 1 aliphatic heterocycles. The van der Waals surface area contributed by atoms with Gasteiger partial charge in [0.25, 0.3) is 5.69 Å². The van der Waals surface area contributed by atoms with Gasteiger partial charge in [0.15, 0.2) is 6.04 Å². The summed E-state index contributed by atoms with van der Waals surface area (Å²) in [5.74, 6) is -0.835. The smallest absolute Gasteiger partial charge is 0.327 e. The van der Waals surface area contributed by atoms with E-state index in [1.165, 1.54) is 6.92 Å². The molecular formula is C17H24N2O7S. The minimum atomic E-state index is -4.18. The lowest BCUT2D eigenvalue weighted by atomic mass is 9.87. The Bertz CT molecular complexity index is 826. The first kappa shape index (κ1) is 21.3. The number of hydrogen-bond acceptors (Lipinski definition) is 7. The van der Waals surface area contributed by atoms with Gasteiger partial charge >= 0.3 is 5.97 Å². The zero-order valence-electron chi connectivity index (χ0n) is 15.7. The number of hydrogen-bond donors (Lipinski definition) is 1. The van der Waals surface area contributed by atoms with Crippen LogP contribution < -0.4 is 0 Å². The second-order valence-electron chi connectivity index (χ2n) is 7.76. The van der Waals surface area contributed by atoms with Gasteiger partial charge < -0.3 is 9.84 Å². The molecule has 9 nitrogen and oxygen atoms in total. The highest BCUT2D eigenvalue weighted by molar-refractivity contribution is 7.89. The van der Waals surface area contributed by atoms with Gasteiger partial charge in [0.1, 0.15) is 5.60 Å². The maximum atomic E-state index is 13.1. The molecule has 10 heteroatoms. The van der Waals surface area contributed by atoms with Gasteiger partial charge in [-0.1, -0.05) is 0 Å². The number of non-ortho nitro benzene ring substituents is 1. The summed E-state index contributed by atoms with van der Waals surface area (Å²) in [6.45, 7) is 6.38. The van der Waals surface area contributed by atoms with Crippen LogP contribution in [0.25, 0.3) is 0 Å². The van der Waals surface area contributed by atoms with Crippen molar-refractivity contribution >= 4 is 21.7 Å². The van der Waals surface area contributed by atoms with Crippen LogP contribution in [0.1, 0.15) is 40.5 Å². The Kier molecular flexibility index (Phi) is 5.65. The molecule has 0 aliphatic carbocycles. The summed E-state index contributed by atoms with van der Waals surface area (Å²) < 4.78 is 32.4. The number of rotatable bonds is 4. The summed E-state index contributed by atoms with van der Waals surface area (Å²) in [5, 5.41) is 21.5. The molecule has 2 atom stereocenters. The molecule has 1 aromatic carbocycles. The van der Waals surface area contributed by atoms with Gasteiger partial charge in [0.05, 0.1) is 15.4 Å². The minimum Gasteiger partial charge on any atom is -0.459 e. The van der Waals surface area contributed by atoms with Crippen molar-refractivity contribution in [3.63, 3.8) is 0 Å². The Morgan fingerprint density at radius 3 is 2.37 bits per heavy atom. The van der Waals surface area contributed by atoms with Crippen LogP contribution in [0.15, 0.2) is 29.2 Å². The number of carbonyl (C=O) groups excluding carboxylic acids is 1. The number of nitro groups is 1. The monoisotopic (exact) mass is 400 g/mol. The van der Waals surface area contributed by atoms with E-state index in [9.17, 15) is 28.4 Å². The first-order valence-electron chi connectivity index (χ1n) is 8.47. The Morgan fingerprint density at radius 1 is 1.33 bits per heavy atom. The quantitative estimate of drug-likeness (QED) is 0.464. The van der Waals surface area contributed by atoms with E-state index >= 15 is 0 Å². The van der Waals surface area contributed by atoms with Crippen LogP contribution in [0.2, 0.25) is 0 Å². The summed E-state index contributed by atoms with van der Waals surface area (Å²) in [6, 6.07) is 2.98. The lowest BCUT2D eigenvalue weighted by Crippen LogP contribution is -2.61. The fourth-order valence-electron chi connectivity index (χ4n) is 3.03. The van der Waals surface area contributed by atoms with Crippen LogP contribution in [0.4, 0.5) is 5.69 Å². The van der Waals surface area contributed by atoms with Gasteiger partial charge in [0, 0.05) is 18.7 Å². The second-order valence-corrected chi connectivity index (χ2v) is 9.65. The fourth-order valence-corrected chi connectivity index (χ4v) is 4.74. The van der Waals surface area contributed by atoms with Crippen molar-refractivity contribution in [2.75, 3.05) is 6.54 Å². The maximum absolute atomic E-state index is 13.1. The first-order valence-corrected chi connectivity index (χ1v) is 9.91. The number of ether oxygens (including phenoxy) is 1. The molecule has 1 saturated heterocycles. The molecule has 2 unspecified atom stereocenters. The van der Waals surface area contributed by atoms with Crippen LogP contribution >= 0.6 is 0 Å². The van der Waals surface area contributed by atoms with Gasteiger partial charge in [-0.3, -0.25) is 14.9 Å². The van der Waals surface area contributed by atoms with E-state index in [2.05, 4.69) is 0 Å². The van der Waals surface area contributed by atoms with Gasteiger partial charge in [-0.25, -0.2) is 8.42 Å². The molecule has 0 radical (unpaired) electrons. The minimum absolute atomic E-state index is 0.0272. The molecule has 0 bridgehead atoms. The van der Waals surface area contributed by atoms with Crippen molar-refractivity contribution in [1.82, 2.24) is 4.31 Å². The van der Waals surface area contributed by atoms with Crippen LogP contribution in [0.3, 0.4) is 0 Å². The van der Waals surface area contributed by atoms with Crippen molar-refractivity contribution in [2.45, 2.75) is 62.7 Å². The average Bonchev–Trinajstić information content (AvgIpc) is 2.51. The molecule has 0 spiro atoms. The molecule has 1 heterocycles. The molecule has 1 aliphatic rings. The van der Waals surface area contributed by atoms with Crippen LogP contribution in [-0.4, -0.2) is 52.5 Å². The number of sulfonamides is 1. The van der Waals surface area contributed by atoms with Crippen LogP contribution in [0, 0.1) is 10.1 Å². The van der Waals surface area contributed by atoms with Crippen molar-refractivity contribution in [1.29, 1.82) is 0 Å². The number of piperidine rings is 1. The molecule has 150 valence electrons. The fraction of sp³-hybridized carbons (Fsp3) is 0.588. The van der Waals surface area contributed by atoms with Gasteiger partial charge in [-0.15, -0.1) is 0 Å². The van der Waals surface area contributed by atoms with Crippen molar-refractivity contribution in [2.24, 2.45) is 0 Å². The van der Waals surface area contributed by atoms with Crippen molar-refractivity contribution in [3.05, 3.63) is 34.4 Å². The van der Waals surface area contributed by atoms with E-state index < -0.39 is 38.2 Å². The third-order valence-corrected chi connectivity index (χ3v) is 6.10. The Balaban J connectivity index is 2.44. The second kappa shape index (κ2) is 7.17.